The lowest BCUT2D eigenvalue weighted by Crippen LogP contribution is -2.22. The summed E-state index contributed by atoms with van der Waals surface area (Å²) in [5.74, 6) is -0.570. The molecule has 1 aromatic carbocycles. The summed E-state index contributed by atoms with van der Waals surface area (Å²) in [7, 11) is 0. The van der Waals surface area contributed by atoms with E-state index < -0.39 is 0 Å². The number of hydrogen-bond donors (Lipinski definition) is 1. The molecule has 0 spiro atoms. The minimum absolute atomic E-state index is 0.198. The van der Waals surface area contributed by atoms with E-state index in [4.69, 9.17) is 0 Å². The lowest BCUT2D eigenvalue weighted by molar-refractivity contribution is 0.0951. The molecule has 100 valence electrons. The van der Waals surface area contributed by atoms with Crippen LogP contribution in [-0.2, 0) is 13.0 Å². The summed E-state index contributed by atoms with van der Waals surface area (Å²) in [6, 6.07) is 6.31. The molecule has 5 heteroatoms. The fraction of sp³-hybridized carbons (Fsp3) is 0.214. The first-order chi connectivity index (χ1) is 9.11. The Hall–Kier alpha value is -1.20. The molecule has 2 rings (SSSR count). The number of rotatable bonds is 4. The number of aryl methyl sites for hydroxylation is 1. The highest BCUT2D eigenvalue weighted by atomic mass is 79.9. The van der Waals surface area contributed by atoms with E-state index in [0.717, 1.165) is 11.3 Å². The molecule has 2 aromatic rings. The van der Waals surface area contributed by atoms with E-state index in [1.807, 2.05) is 5.38 Å². The summed E-state index contributed by atoms with van der Waals surface area (Å²) < 4.78 is 13.4. The molecular formula is C14H13BrFNOS. The van der Waals surface area contributed by atoms with Gasteiger partial charge in [-0.2, -0.15) is 0 Å². The van der Waals surface area contributed by atoms with Crippen molar-refractivity contribution in [3.63, 3.8) is 0 Å². The largest absolute Gasteiger partial charge is 0.347 e. The number of hydrogen-bond acceptors (Lipinski definition) is 2. The van der Waals surface area contributed by atoms with E-state index >= 15 is 0 Å². The first-order valence-corrected chi connectivity index (χ1v) is 7.57. The number of carbonyl (C=O) groups excluding carboxylic acids is 1. The Morgan fingerprint density at radius 3 is 2.89 bits per heavy atom. The normalized spacial score (nSPS) is 10.5. The highest BCUT2D eigenvalue weighted by Crippen LogP contribution is 2.19. The van der Waals surface area contributed by atoms with Crippen molar-refractivity contribution in [3.05, 3.63) is 55.9 Å². The van der Waals surface area contributed by atoms with Crippen LogP contribution in [0.1, 0.15) is 27.7 Å². The molecule has 0 unspecified atom stereocenters. The highest BCUT2D eigenvalue weighted by molar-refractivity contribution is 9.10. The molecule has 1 amide bonds. The fourth-order valence-corrected chi connectivity index (χ4v) is 3.03. The fourth-order valence-electron chi connectivity index (χ4n) is 1.74. The van der Waals surface area contributed by atoms with Crippen molar-refractivity contribution in [2.45, 2.75) is 19.9 Å². The molecule has 0 radical (unpaired) electrons. The zero-order valence-corrected chi connectivity index (χ0v) is 12.8. The van der Waals surface area contributed by atoms with Crippen LogP contribution in [0.25, 0.3) is 0 Å². The zero-order valence-electron chi connectivity index (χ0n) is 10.4. The summed E-state index contributed by atoms with van der Waals surface area (Å²) in [6.07, 6.45) is 0.955. The maximum Gasteiger partial charge on any atom is 0.251 e. The van der Waals surface area contributed by atoms with Gasteiger partial charge in [0, 0.05) is 10.4 Å². The van der Waals surface area contributed by atoms with Crippen molar-refractivity contribution in [1.82, 2.24) is 5.32 Å². The van der Waals surface area contributed by atoms with E-state index in [2.05, 4.69) is 34.2 Å². The molecule has 0 aliphatic carbocycles. The van der Waals surface area contributed by atoms with Crippen LogP contribution in [-0.4, -0.2) is 5.91 Å². The van der Waals surface area contributed by atoms with Gasteiger partial charge >= 0.3 is 0 Å². The first kappa shape index (κ1) is 14.2. The Morgan fingerprint density at radius 2 is 2.21 bits per heavy atom. The minimum Gasteiger partial charge on any atom is -0.347 e. The average molecular weight is 342 g/mol. The number of benzene rings is 1. The third-order valence-electron chi connectivity index (χ3n) is 2.81. The van der Waals surface area contributed by atoms with Crippen LogP contribution in [0.2, 0.25) is 0 Å². The summed E-state index contributed by atoms with van der Waals surface area (Å²) in [5.41, 5.74) is 1.70. The molecule has 2 nitrogen and oxygen atoms in total. The molecule has 0 atom stereocenters. The monoisotopic (exact) mass is 341 g/mol. The number of nitrogens with one attached hydrogen (secondary N) is 1. The van der Waals surface area contributed by atoms with Gasteiger partial charge in [0.1, 0.15) is 5.82 Å². The van der Waals surface area contributed by atoms with E-state index in [9.17, 15) is 9.18 Å². The Kier molecular flexibility index (Phi) is 4.71. The molecular weight excluding hydrogens is 329 g/mol. The number of halogens is 2. The second kappa shape index (κ2) is 6.30. The van der Waals surface area contributed by atoms with Crippen molar-refractivity contribution in [3.8, 4) is 0 Å². The third-order valence-corrected chi connectivity index (χ3v) is 4.38. The summed E-state index contributed by atoms with van der Waals surface area (Å²) >= 11 is 4.71. The minimum atomic E-state index is -0.372. The molecule has 1 heterocycles. The molecule has 0 bridgehead atoms. The molecule has 0 saturated carbocycles. The molecule has 0 aliphatic heterocycles. The van der Waals surface area contributed by atoms with Crippen LogP contribution >= 0.6 is 27.3 Å². The van der Waals surface area contributed by atoms with Crippen molar-refractivity contribution >= 4 is 33.2 Å². The maximum atomic E-state index is 13.1. The molecule has 0 fully saturated rings. The molecule has 0 saturated heterocycles. The van der Waals surface area contributed by atoms with Gasteiger partial charge in [-0.05, 0) is 57.6 Å². The molecule has 1 aromatic heterocycles. The van der Waals surface area contributed by atoms with Gasteiger partial charge in [-0.25, -0.2) is 4.39 Å². The molecule has 0 aliphatic rings. The predicted molar refractivity (Wildman–Crippen MR) is 79.0 cm³/mol. The first-order valence-electron chi connectivity index (χ1n) is 5.90. The summed E-state index contributed by atoms with van der Waals surface area (Å²) in [4.78, 5) is 13.1. The quantitative estimate of drug-likeness (QED) is 0.889. The van der Waals surface area contributed by atoms with Crippen molar-refractivity contribution in [1.29, 1.82) is 0 Å². The van der Waals surface area contributed by atoms with E-state index in [1.165, 1.54) is 23.8 Å². The van der Waals surface area contributed by atoms with Crippen LogP contribution in [0.4, 0.5) is 4.39 Å². The van der Waals surface area contributed by atoms with Crippen LogP contribution in [0.3, 0.4) is 0 Å². The number of carbonyl (C=O) groups is 1. The van der Waals surface area contributed by atoms with Crippen LogP contribution in [0, 0.1) is 5.82 Å². The lowest BCUT2D eigenvalue weighted by atomic mass is 10.2. The average Bonchev–Trinajstić information content (AvgIpc) is 2.86. The number of amides is 1. The third kappa shape index (κ3) is 3.42. The SMILES string of the molecule is CCc1ccsc1CNC(=O)c1ccc(F)c(Br)c1. The van der Waals surface area contributed by atoms with E-state index in [-0.39, 0.29) is 11.7 Å². The Morgan fingerprint density at radius 1 is 1.42 bits per heavy atom. The van der Waals surface area contributed by atoms with Gasteiger partial charge in [-0.3, -0.25) is 4.79 Å². The topological polar surface area (TPSA) is 29.1 Å². The lowest BCUT2D eigenvalue weighted by Gasteiger charge is -2.06. The Labute approximate surface area is 123 Å². The smallest absolute Gasteiger partial charge is 0.251 e. The molecule has 1 N–H and O–H groups in total. The number of thiophene rings is 1. The molecule has 19 heavy (non-hydrogen) atoms. The van der Waals surface area contributed by atoms with Crippen LogP contribution < -0.4 is 5.32 Å². The Bertz CT molecular complexity index is 597. The second-order valence-corrected chi connectivity index (χ2v) is 5.89. The van der Waals surface area contributed by atoms with E-state index in [0.29, 0.717) is 16.6 Å². The van der Waals surface area contributed by atoms with Gasteiger partial charge in [0.25, 0.3) is 5.91 Å². The van der Waals surface area contributed by atoms with E-state index in [1.54, 1.807) is 11.3 Å². The van der Waals surface area contributed by atoms with Gasteiger partial charge < -0.3 is 5.32 Å². The highest BCUT2D eigenvalue weighted by Gasteiger charge is 2.09. The van der Waals surface area contributed by atoms with Gasteiger partial charge in [0.05, 0.1) is 11.0 Å². The van der Waals surface area contributed by atoms with Gasteiger partial charge in [0.2, 0.25) is 0 Å². The summed E-state index contributed by atoms with van der Waals surface area (Å²) in [6.45, 7) is 2.60. The van der Waals surface area contributed by atoms with Gasteiger partial charge in [0.15, 0.2) is 0 Å². The predicted octanol–water partition coefficient (Wildman–Crippen LogP) is 4.14. The summed E-state index contributed by atoms with van der Waals surface area (Å²) in [5, 5.41) is 4.87. The van der Waals surface area contributed by atoms with Crippen LogP contribution in [0.15, 0.2) is 34.1 Å². The van der Waals surface area contributed by atoms with Crippen LogP contribution in [0.5, 0.6) is 0 Å². The van der Waals surface area contributed by atoms with Crippen molar-refractivity contribution < 1.29 is 9.18 Å². The van der Waals surface area contributed by atoms with Gasteiger partial charge in [-0.1, -0.05) is 6.92 Å². The standard InChI is InChI=1S/C14H13BrFNOS/c1-2-9-5-6-19-13(9)8-17-14(18)10-3-4-12(16)11(15)7-10/h3-7H,2,8H2,1H3,(H,17,18). The van der Waals surface area contributed by atoms with Crippen molar-refractivity contribution in [2.75, 3.05) is 0 Å². The van der Waals surface area contributed by atoms with Crippen molar-refractivity contribution in [2.24, 2.45) is 0 Å². The second-order valence-electron chi connectivity index (χ2n) is 4.03. The maximum absolute atomic E-state index is 13.1. The zero-order chi connectivity index (χ0) is 13.8. The van der Waals surface area contributed by atoms with Gasteiger partial charge in [-0.15, -0.1) is 11.3 Å². The Balaban J connectivity index is 2.03.